The van der Waals surface area contributed by atoms with Gasteiger partial charge in [0.05, 0.1) is 11.3 Å². The van der Waals surface area contributed by atoms with E-state index in [0.29, 0.717) is 28.2 Å². The number of anilines is 1. The zero-order valence-corrected chi connectivity index (χ0v) is 14.3. The minimum absolute atomic E-state index is 0.0195. The predicted octanol–water partition coefficient (Wildman–Crippen LogP) is 4.75. The summed E-state index contributed by atoms with van der Waals surface area (Å²) in [4.78, 5) is 12.4. The van der Waals surface area contributed by atoms with E-state index in [4.69, 9.17) is 20.9 Å². The van der Waals surface area contributed by atoms with Gasteiger partial charge in [-0.1, -0.05) is 16.8 Å². The van der Waals surface area contributed by atoms with Crippen molar-refractivity contribution >= 4 is 23.2 Å². The fraction of sp³-hybridized carbons (Fsp3) is 0.111. The van der Waals surface area contributed by atoms with Crippen molar-refractivity contribution in [3.63, 3.8) is 0 Å². The topological polar surface area (TPSA) is 64.4 Å². The third kappa shape index (κ3) is 4.00. The van der Waals surface area contributed by atoms with Crippen LogP contribution in [0.2, 0.25) is 5.02 Å². The maximum atomic E-state index is 13.7. The Labute approximate surface area is 152 Å². The van der Waals surface area contributed by atoms with Crippen LogP contribution in [0, 0.1) is 18.6 Å². The Bertz CT molecular complexity index is 942. The number of nitrogens with one attached hydrogen (secondary N) is 1. The standard InChI is InChI=1S/C18H13ClF2N2O3/c1-10-14(9-25-13-5-2-11(19)3-6-13)17(23-26-10)18(24)22-16-7-4-12(20)8-15(16)21/h2-8H,9H2,1H3,(H,22,24). The van der Waals surface area contributed by atoms with Gasteiger partial charge >= 0.3 is 0 Å². The lowest BCUT2D eigenvalue weighted by molar-refractivity contribution is 0.101. The zero-order chi connectivity index (χ0) is 18.7. The highest BCUT2D eigenvalue weighted by Gasteiger charge is 2.21. The molecule has 0 unspecified atom stereocenters. The second-order valence-electron chi connectivity index (χ2n) is 5.39. The maximum absolute atomic E-state index is 13.7. The molecule has 1 heterocycles. The highest BCUT2D eigenvalue weighted by molar-refractivity contribution is 6.30. The molecule has 3 aromatic rings. The van der Waals surface area contributed by atoms with E-state index in [0.717, 1.165) is 12.1 Å². The van der Waals surface area contributed by atoms with Gasteiger partial charge in [0.1, 0.15) is 29.8 Å². The smallest absolute Gasteiger partial charge is 0.278 e. The molecule has 0 fully saturated rings. The number of hydrogen-bond acceptors (Lipinski definition) is 4. The summed E-state index contributed by atoms with van der Waals surface area (Å²) < 4.78 is 37.3. The number of carbonyl (C=O) groups excluding carboxylic acids is 1. The second-order valence-corrected chi connectivity index (χ2v) is 5.82. The van der Waals surface area contributed by atoms with Gasteiger partial charge in [-0.3, -0.25) is 4.79 Å². The lowest BCUT2D eigenvalue weighted by Gasteiger charge is -2.08. The van der Waals surface area contributed by atoms with Crippen molar-refractivity contribution in [1.82, 2.24) is 5.16 Å². The van der Waals surface area contributed by atoms with E-state index < -0.39 is 17.5 Å². The first-order chi connectivity index (χ1) is 12.4. The summed E-state index contributed by atoms with van der Waals surface area (Å²) in [7, 11) is 0. The lowest BCUT2D eigenvalue weighted by Crippen LogP contribution is -2.16. The molecule has 134 valence electrons. The molecule has 1 N–H and O–H groups in total. The van der Waals surface area contributed by atoms with E-state index in [2.05, 4.69) is 10.5 Å². The molecule has 0 aliphatic rings. The Kier molecular flexibility index (Phi) is 5.18. The van der Waals surface area contributed by atoms with Gasteiger partial charge in [0.25, 0.3) is 5.91 Å². The molecule has 3 rings (SSSR count). The third-order valence-corrected chi connectivity index (χ3v) is 3.83. The normalized spacial score (nSPS) is 10.6. The van der Waals surface area contributed by atoms with Crippen LogP contribution in [0.5, 0.6) is 5.75 Å². The number of aromatic nitrogens is 1. The zero-order valence-electron chi connectivity index (χ0n) is 13.6. The molecule has 0 atom stereocenters. The summed E-state index contributed by atoms with van der Waals surface area (Å²) in [5.74, 6) is -1.39. The molecule has 26 heavy (non-hydrogen) atoms. The van der Waals surface area contributed by atoms with Gasteiger partial charge in [-0.15, -0.1) is 0 Å². The van der Waals surface area contributed by atoms with Gasteiger partial charge in [0.15, 0.2) is 5.69 Å². The average Bonchev–Trinajstić information content (AvgIpc) is 2.98. The van der Waals surface area contributed by atoms with Crippen molar-refractivity contribution in [2.75, 3.05) is 5.32 Å². The SMILES string of the molecule is Cc1onc(C(=O)Nc2ccc(F)cc2F)c1COc1ccc(Cl)cc1. The van der Waals surface area contributed by atoms with E-state index >= 15 is 0 Å². The summed E-state index contributed by atoms with van der Waals surface area (Å²) in [5, 5.41) is 6.61. The summed E-state index contributed by atoms with van der Waals surface area (Å²) in [6, 6.07) is 9.53. The largest absolute Gasteiger partial charge is 0.489 e. The van der Waals surface area contributed by atoms with E-state index in [9.17, 15) is 13.6 Å². The van der Waals surface area contributed by atoms with Crippen LogP contribution >= 0.6 is 11.6 Å². The van der Waals surface area contributed by atoms with Crippen LogP contribution < -0.4 is 10.1 Å². The summed E-state index contributed by atoms with van der Waals surface area (Å²) in [6.07, 6.45) is 0. The Hall–Kier alpha value is -2.93. The molecule has 1 amide bonds. The Morgan fingerprint density at radius 2 is 1.96 bits per heavy atom. The Balaban J connectivity index is 1.76. The average molecular weight is 379 g/mol. The fourth-order valence-electron chi connectivity index (χ4n) is 2.20. The molecule has 1 aromatic heterocycles. The molecule has 0 radical (unpaired) electrons. The highest BCUT2D eigenvalue weighted by Crippen LogP contribution is 2.21. The predicted molar refractivity (Wildman–Crippen MR) is 91.3 cm³/mol. The number of ether oxygens (including phenoxy) is 1. The highest BCUT2D eigenvalue weighted by atomic mass is 35.5. The molecular formula is C18H13ClF2N2O3. The molecule has 8 heteroatoms. The van der Waals surface area contributed by atoms with Crippen molar-refractivity contribution in [2.24, 2.45) is 0 Å². The van der Waals surface area contributed by atoms with E-state index in [1.165, 1.54) is 0 Å². The third-order valence-electron chi connectivity index (χ3n) is 3.58. The van der Waals surface area contributed by atoms with Crippen LogP contribution in [-0.2, 0) is 6.61 Å². The minimum atomic E-state index is -0.891. The molecule has 0 saturated heterocycles. The van der Waals surface area contributed by atoms with Gasteiger partial charge in [-0.05, 0) is 43.3 Å². The van der Waals surface area contributed by atoms with Gasteiger partial charge in [-0.2, -0.15) is 0 Å². The Morgan fingerprint density at radius 3 is 2.65 bits per heavy atom. The van der Waals surface area contributed by atoms with Crippen molar-refractivity contribution < 1.29 is 22.8 Å². The number of benzene rings is 2. The number of rotatable bonds is 5. The van der Waals surface area contributed by atoms with Crippen molar-refractivity contribution in [3.8, 4) is 5.75 Å². The van der Waals surface area contributed by atoms with Crippen molar-refractivity contribution in [1.29, 1.82) is 0 Å². The molecule has 0 aliphatic carbocycles. The van der Waals surface area contributed by atoms with Gasteiger partial charge in [0, 0.05) is 11.1 Å². The molecule has 0 spiro atoms. The van der Waals surface area contributed by atoms with E-state index in [-0.39, 0.29) is 18.0 Å². The van der Waals surface area contributed by atoms with Crippen LogP contribution in [0.4, 0.5) is 14.5 Å². The van der Waals surface area contributed by atoms with Gasteiger partial charge < -0.3 is 14.6 Å². The van der Waals surface area contributed by atoms with Crippen molar-refractivity contribution in [2.45, 2.75) is 13.5 Å². The molecule has 2 aromatic carbocycles. The quantitative estimate of drug-likeness (QED) is 0.696. The van der Waals surface area contributed by atoms with Crippen LogP contribution in [0.25, 0.3) is 0 Å². The summed E-state index contributed by atoms with van der Waals surface area (Å²) >= 11 is 5.82. The summed E-state index contributed by atoms with van der Waals surface area (Å²) in [6.45, 7) is 1.65. The monoisotopic (exact) mass is 378 g/mol. The Morgan fingerprint density at radius 1 is 1.23 bits per heavy atom. The molecule has 0 aliphatic heterocycles. The lowest BCUT2D eigenvalue weighted by atomic mass is 10.2. The second kappa shape index (κ2) is 7.53. The fourth-order valence-corrected chi connectivity index (χ4v) is 2.32. The van der Waals surface area contributed by atoms with Gasteiger partial charge in [0.2, 0.25) is 0 Å². The molecule has 0 bridgehead atoms. The van der Waals surface area contributed by atoms with Crippen LogP contribution in [0.15, 0.2) is 47.0 Å². The van der Waals surface area contributed by atoms with Crippen molar-refractivity contribution in [3.05, 3.63) is 76.1 Å². The first kappa shape index (κ1) is 17.9. The first-order valence-electron chi connectivity index (χ1n) is 7.54. The molecule has 5 nitrogen and oxygen atoms in total. The number of hydrogen-bond donors (Lipinski definition) is 1. The van der Waals surface area contributed by atoms with E-state index in [1.54, 1.807) is 31.2 Å². The maximum Gasteiger partial charge on any atom is 0.278 e. The number of aryl methyl sites for hydroxylation is 1. The number of nitrogens with zero attached hydrogens (tertiary/aromatic N) is 1. The first-order valence-corrected chi connectivity index (χ1v) is 7.92. The van der Waals surface area contributed by atoms with Crippen LogP contribution in [-0.4, -0.2) is 11.1 Å². The molecular weight excluding hydrogens is 366 g/mol. The number of amides is 1. The van der Waals surface area contributed by atoms with Crippen LogP contribution in [0.3, 0.4) is 0 Å². The van der Waals surface area contributed by atoms with Crippen LogP contribution in [0.1, 0.15) is 21.8 Å². The number of carbonyl (C=O) groups is 1. The minimum Gasteiger partial charge on any atom is -0.489 e. The van der Waals surface area contributed by atoms with Gasteiger partial charge in [-0.25, -0.2) is 8.78 Å². The van der Waals surface area contributed by atoms with E-state index in [1.807, 2.05) is 0 Å². The number of halogens is 3. The summed E-state index contributed by atoms with van der Waals surface area (Å²) in [5.41, 5.74) is 0.210. The molecule has 0 saturated carbocycles.